The minimum absolute atomic E-state index is 0.663. The molecule has 0 amide bonds. The maximum atomic E-state index is 10.9. The molecule has 0 saturated heterocycles. The van der Waals surface area contributed by atoms with Crippen molar-refractivity contribution in [2.75, 3.05) is 0 Å². The van der Waals surface area contributed by atoms with E-state index in [1.54, 1.807) is 0 Å². The summed E-state index contributed by atoms with van der Waals surface area (Å²) in [5, 5.41) is 8.46. The van der Waals surface area contributed by atoms with E-state index >= 15 is 0 Å². The van der Waals surface area contributed by atoms with Crippen LogP contribution in [0.3, 0.4) is 0 Å². The maximum absolute atomic E-state index is 10.9. The minimum atomic E-state index is -1.22. The van der Waals surface area contributed by atoms with Crippen molar-refractivity contribution >= 4 is 11.9 Å². The van der Waals surface area contributed by atoms with Crippen molar-refractivity contribution in [1.29, 1.82) is 0 Å². The van der Waals surface area contributed by atoms with Gasteiger partial charge in [-0.3, -0.25) is 9.59 Å². The Hall–Kier alpha value is -1.14. The van der Waals surface area contributed by atoms with Gasteiger partial charge in [0.25, 0.3) is 0 Å². The summed E-state index contributed by atoms with van der Waals surface area (Å²) in [5.74, 6) is -1.88. The second-order valence-corrected chi connectivity index (χ2v) is 2.79. The van der Waals surface area contributed by atoms with Crippen LogP contribution in [0.4, 0.5) is 0 Å². The Morgan fingerprint density at radius 2 is 1.77 bits per heavy atom. The molecule has 0 aromatic carbocycles. The molecular weight excluding hydrogens is 176 g/mol. The van der Waals surface area contributed by atoms with Crippen molar-refractivity contribution in [3.8, 4) is 0 Å². The van der Waals surface area contributed by atoms with Crippen molar-refractivity contribution < 1.29 is 19.4 Å². The number of hydrogen-bond donors (Lipinski definition) is 3. The Morgan fingerprint density at radius 1 is 1.31 bits per heavy atom. The van der Waals surface area contributed by atoms with Crippen molar-refractivity contribution in [1.82, 2.24) is 0 Å². The van der Waals surface area contributed by atoms with E-state index in [9.17, 15) is 9.59 Å². The van der Waals surface area contributed by atoms with E-state index in [0.717, 1.165) is 0 Å². The zero-order valence-corrected chi connectivity index (χ0v) is 7.56. The van der Waals surface area contributed by atoms with Gasteiger partial charge in [-0.15, -0.1) is 0 Å². The summed E-state index contributed by atoms with van der Waals surface area (Å²) < 4.78 is 4.67. The molecule has 0 unspecified atom stereocenters. The largest absolute Gasteiger partial charge is 0.480 e. The molecule has 0 aliphatic carbocycles. The molecule has 0 spiro atoms. The smallest absolute Gasteiger partial charge is 0.324 e. The van der Waals surface area contributed by atoms with Crippen molar-refractivity contribution in [2.24, 2.45) is 11.5 Å². The van der Waals surface area contributed by atoms with Gasteiger partial charge in [0.1, 0.15) is 18.2 Å². The molecule has 76 valence electrons. The van der Waals surface area contributed by atoms with Crippen LogP contribution in [0, 0.1) is 0 Å². The Morgan fingerprint density at radius 3 is 2.08 bits per heavy atom. The summed E-state index contributed by atoms with van der Waals surface area (Å²) in [7, 11) is 0. The quantitative estimate of drug-likeness (QED) is 0.473. The molecular formula is C7H14N2O4. The molecule has 0 fully saturated rings. The minimum Gasteiger partial charge on any atom is -0.480 e. The Kier molecular flexibility index (Phi) is 4.36. The zero-order chi connectivity index (χ0) is 10.6. The molecule has 0 saturated carbocycles. The first-order valence-corrected chi connectivity index (χ1v) is 3.80. The molecule has 0 radical (unpaired) electrons. The first-order chi connectivity index (χ1) is 5.86. The molecule has 0 rings (SSSR count). The molecule has 6 heteroatoms. The van der Waals surface area contributed by atoms with Crippen LogP contribution in [-0.2, 0) is 14.3 Å². The second kappa shape index (κ2) is 4.78. The lowest BCUT2D eigenvalue weighted by molar-refractivity contribution is -0.154. The molecule has 0 aromatic heterocycles. The number of hydrogen-bond acceptors (Lipinski definition) is 5. The van der Waals surface area contributed by atoms with Gasteiger partial charge in [-0.25, -0.2) is 0 Å². The van der Waals surface area contributed by atoms with Crippen LogP contribution in [0.25, 0.3) is 0 Å². The predicted molar refractivity (Wildman–Crippen MR) is 44.8 cm³/mol. The molecule has 0 aromatic rings. The third-order valence-electron chi connectivity index (χ3n) is 1.46. The number of rotatable bonds is 4. The fourth-order valence-corrected chi connectivity index (χ4v) is 0.565. The number of carbonyl (C=O) groups is 2. The van der Waals surface area contributed by atoms with Gasteiger partial charge < -0.3 is 21.3 Å². The second-order valence-electron chi connectivity index (χ2n) is 2.79. The van der Waals surface area contributed by atoms with Gasteiger partial charge in [-0.05, 0) is 13.8 Å². The molecule has 0 heterocycles. The summed E-state index contributed by atoms with van der Waals surface area (Å²) in [5.41, 5.74) is 10.4. The van der Waals surface area contributed by atoms with Crippen LogP contribution in [0.5, 0.6) is 0 Å². The molecule has 5 N–H and O–H groups in total. The number of aliphatic carboxylic acids is 1. The third-order valence-corrected chi connectivity index (χ3v) is 1.46. The average molecular weight is 190 g/mol. The Bertz CT molecular complexity index is 205. The van der Waals surface area contributed by atoms with Crippen molar-refractivity contribution in [3.05, 3.63) is 0 Å². The van der Waals surface area contributed by atoms with E-state index in [1.165, 1.54) is 13.8 Å². The molecule has 0 bridgehead atoms. The van der Waals surface area contributed by atoms with Gasteiger partial charge in [0.15, 0.2) is 0 Å². The SMILES string of the molecule is C[C@@H](N)C(=O)O[C@H](C)[C@H](N)C(=O)O. The highest BCUT2D eigenvalue weighted by Crippen LogP contribution is 1.98. The topological polar surface area (TPSA) is 116 Å². The summed E-state index contributed by atoms with van der Waals surface area (Å²) in [4.78, 5) is 21.2. The summed E-state index contributed by atoms with van der Waals surface area (Å²) in [6.45, 7) is 2.85. The third kappa shape index (κ3) is 3.86. The highest BCUT2D eigenvalue weighted by Gasteiger charge is 2.24. The van der Waals surface area contributed by atoms with Gasteiger partial charge in [0.2, 0.25) is 0 Å². The van der Waals surface area contributed by atoms with E-state index in [-0.39, 0.29) is 0 Å². The van der Waals surface area contributed by atoms with Gasteiger partial charge in [-0.1, -0.05) is 0 Å². The van der Waals surface area contributed by atoms with Gasteiger partial charge in [0, 0.05) is 0 Å². The molecule has 0 aliphatic rings. The maximum Gasteiger partial charge on any atom is 0.324 e. The highest BCUT2D eigenvalue weighted by molar-refractivity contribution is 5.77. The first kappa shape index (κ1) is 11.9. The van der Waals surface area contributed by atoms with E-state index in [0.29, 0.717) is 0 Å². The number of carboxylic acid groups (broad SMARTS) is 1. The molecule has 6 nitrogen and oxygen atoms in total. The molecule has 0 aliphatic heterocycles. The number of nitrogens with two attached hydrogens (primary N) is 2. The zero-order valence-electron chi connectivity index (χ0n) is 7.56. The van der Waals surface area contributed by atoms with Gasteiger partial charge in [-0.2, -0.15) is 0 Å². The average Bonchev–Trinajstić information content (AvgIpc) is 2.02. The van der Waals surface area contributed by atoms with Gasteiger partial charge >= 0.3 is 11.9 Å². The Balaban J connectivity index is 4.07. The fraction of sp³-hybridized carbons (Fsp3) is 0.714. The monoisotopic (exact) mass is 190 g/mol. The normalized spacial score (nSPS) is 17.2. The summed E-state index contributed by atoms with van der Waals surface area (Å²) >= 11 is 0. The van der Waals surface area contributed by atoms with Crippen molar-refractivity contribution in [3.63, 3.8) is 0 Å². The van der Waals surface area contributed by atoms with Crippen LogP contribution >= 0.6 is 0 Å². The van der Waals surface area contributed by atoms with Crippen molar-refractivity contribution in [2.45, 2.75) is 32.0 Å². The fourth-order valence-electron chi connectivity index (χ4n) is 0.565. The molecule has 3 atom stereocenters. The van der Waals surface area contributed by atoms with Crippen LogP contribution in [0.15, 0.2) is 0 Å². The van der Waals surface area contributed by atoms with E-state index in [1.807, 2.05) is 0 Å². The van der Waals surface area contributed by atoms with Crippen LogP contribution in [-0.4, -0.2) is 35.2 Å². The lowest BCUT2D eigenvalue weighted by Crippen LogP contribution is -2.44. The first-order valence-electron chi connectivity index (χ1n) is 3.80. The van der Waals surface area contributed by atoms with Gasteiger partial charge in [0.05, 0.1) is 0 Å². The van der Waals surface area contributed by atoms with Crippen LogP contribution in [0.1, 0.15) is 13.8 Å². The number of ether oxygens (including phenoxy) is 1. The summed E-state index contributed by atoms with van der Waals surface area (Å²) in [6.07, 6.45) is -0.879. The van der Waals surface area contributed by atoms with E-state index in [2.05, 4.69) is 4.74 Å². The summed E-state index contributed by atoms with van der Waals surface area (Å²) in [6, 6.07) is -1.99. The van der Waals surface area contributed by atoms with Crippen LogP contribution in [0.2, 0.25) is 0 Å². The standard InChI is InChI=1S/C7H14N2O4/c1-3(8)7(12)13-4(2)5(9)6(10)11/h3-5H,8-9H2,1-2H3,(H,10,11)/t3-,4-,5+/m1/s1. The lowest BCUT2D eigenvalue weighted by atomic mass is 10.2. The van der Waals surface area contributed by atoms with E-state index < -0.39 is 30.1 Å². The molecule has 13 heavy (non-hydrogen) atoms. The Labute approximate surface area is 75.8 Å². The van der Waals surface area contributed by atoms with E-state index in [4.69, 9.17) is 16.6 Å². The number of esters is 1. The highest BCUT2D eigenvalue weighted by atomic mass is 16.5. The lowest BCUT2D eigenvalue weighted by Gasteiger charge is -2.17. The number of carboxylic acids is 1. The van der Waals surface area contributed by atoms with Crippen LogP contribution < -0.4 is 11.5 Å². The predicted octanol–water partition coefficient (Wildman–Crippen LogP) is -1.32. The number of carbonyl (C=O) groups excluding carboxylic acids is 1.